The zero-order valence-electron chi connectivity index (χ0n) is 11.1. The van der Waals surface area contributed by atoms with Crippen molar-refractivity contribution in [1.82, 2.24) is 5.32 Å². The Morgan fingerprint density at radius 2 is 2.00 bits per heavy atom. The molecule has 2 unspecified atom stereocenters. The molecule has 0 bridgehead atoms. The van der Waals surface area contributed by atoms with Crippen LogP contribution in [0.2, 0.25) is 0 Å². The molecule has 2 N–H and O–H groups in total. The maximum atomic E-state index is 10.6. The number of allylic oxidation sites excluding steroid dienone is 2. The zero-order chi connectivity index (χ0) is 14.1. The van der Waals surface area contributed by atoms with Gasteiger partial charge in [-0.1, -0.05) is 43.0 Å². The third-order valence-corrected chi connectivity index (χ3v) is 3.03. The summed E-state index contributed by atoms with van der Waals surface area (Å²) in [6.45, 7) is 7.99. The van der Waals surface area contributed by atoms with Crippen molar-refractivity contribution in [1.29, 1.82) is 0 Å². The summed E-state index contributed by atoms with van der Waals surface area (Å²) >= 11 is 0. The van der Waals surface area contributed by atoms with Gasteiger partial charge in [-0.2, -0.15) is 0 Å². The van der Waals surface area contributed by atoms with E-state index in [2.05, 4.69) is 18.5 Å². The Bertz CT molecular complexity index is 404. The molecule has 19 heavy (non-hydrogen) atoms. The number of rotatable bonds is 9. The average molecular weight is 259 g/mol. The molecular formula is C16H21NO2. The largest absolute Gasteiger partial charge is 0.387 e. The van der Waals surface area contributed by atoms with Crippen LogP contribution in [-0.4, -0.2) is 17.9 Å². The highest BCUT2D eigenvalue weighted by Gasteiger charge is 2.12. The van der Waals surface area contributed by atoms with Gasteiger partial charge in [0.1, 0.15) is 6.29 Å². The monoisotopic (exact) mass is 259 g/mol. The molecule has 0 heterocycles. The molecule has 0 fully saturated rings. The molecule has 3 heteroatoms. The predicted molar refractivity (Wildman–Crippen MR) is 77.5 cm³/mol. The highest BCUT2D eigenvalue weighted by Crippen LogP contribution is 2.17. The van der Waals surface area contributed by atoms with Crippen LogP contribution in [0.3, 0.4) is 0 Å². The maximum Gasteiger partial charge on any atom is 0.120 e. The van der Waals surface area contributed by atoms with Crippen LogP contribution in [0.1, 0.15) is 24.5 Å². The molecule has 0 aliphatic rings. The quantitative estimate of drug-likeness (QED) is 0.529. The summed E-state index contributed by atoms with van der Waals surface area (Å²) in [5.74, 6) is 0.0398. The van der Waals surface area contributed by atoms with Gasteiger partial charge >= 0.3 is 0 Å². The first kappa shape index (κ1) is 15.2. The molecule has 0 amide bonds. The van der Waals surface area contributed by atoms with Gasteiger partial charge in [0.2, 0.25) is 0 Å². The van der Waals surface area contributed by atoms with Gasteiger partial charge in [-0.3, -0.25) is 0 Å². The first-order chi connectivity index (χ1) is 9.19. The first-order valence-corrected chi connectivity index (χ1v) is 6.39. The van der Waals surface area contributed by atoms with E-state index in [0.29, 0.717) is 19.4 Å². The summed E-state index contributed by atoms with van der Waals surface area (Å²) in [6.07, 6.45) is 3.19. The Kier molecular flexibility index (Phi) is 6.61. The van der Waals surface area contributed by atoms with E-state index in [1.54, 1.807) is 6.08 Å². The van der Waals surface area contributed by atoms with E-state index in [4.69, 9.17) is 0 Å². The van der Waals surface area contributed by atoms with E-state index < -0.39 is 6.10 Å². The summed E-state index contributed by atoms with van der Waals surface area (Å²) in [5.41, 5.74) is 1.63. The average Bonchev–Trinajstić information content (AvgIpc) is 2.45. The van der Waals surface area contributed by atoms with Gasteiger partial charge in [-0.25, -0.2) is 0 Å². The molecule has 3 nitrogen and oxygen atoms in total. The van der Waals surface area contributed by atoms with Crippen LogP contribution in [0.5, 0.6) is 0 Å². The Labute approximate surface area is 114 Å². The van der Waals surface area contributed by atoms with Crippen LogP contribution < -0.4 is 5.32 Å². The number of nitrogens with one attached hydrogen (secondary N) is 1. The lowest BCUT2D eigenvalue weighted by Crippen LogP contribution is -2.25. The number of hydrogen-bond acceptors (Lipinski definition) is 3. The SMILES string of the molecule is C=CCC(CC=O)C(=C)NCC(O)c1ccccc1. The predicted octanol–water partition coefficient (Wildman–Crippen LogP) is 2.60. The number of aldehydes is 1. The fourth-order valence-corrected chi connectivity index (χ4v) is 1.86. The normalized spacial score (nSPS) is 13.3. The molecule has 0 aliphatic carbocycles. The second-order valence-corrected chi connectivity index (χ2v) is 4.46. The summed E-state index contributed by atoms with van der Waals surface area (Å²) < 4.78 is 0. The van der Waals surface area contributed by atoms with Crippen molar-refractivity contribution in [2.75, 3.05) is 6.54 Å². The lowest BCUT2D eigenvalue weighted by atomic mass is 9.98. The van der Waals surface area contributed by atoms with Crippen LogP contribution in [0.25, 0.3) is 0 Å². The van der Waals surface area contributed by atoms with Crippen molar-refractivity contribution in [3.63, 3.8) is 0 Å². The standard InChI is InChI=1S/C16H21NO2/c1-3-7-14(10-11-18)13(2)17-12-16(19)15-8-5-4-6-9-15/h3-6,8-9,11,14,16-17,19H,1-2,7,10,12H2. The Morgan fingerprint density at radius 1 is 1.32 bits per heavy atom. The highest BCUT2D eigenvalue weighted by atomic mass is 16.3. The molecule has 0 radical (unpaired) electrons. The minimum absolute atomic E-state index is 0.0398. The molecule has 102 valence electrons. The van der Waals surface area contributed by atoms with E-state index in [1.165, 1.54) is 0 Å². The van der Waals surface area contributed by atoms with Crippen LogP contribution >= 0.6 is 0 Å². The van der Waals surface area contributed by atoms with Crippen LogP contribution in [-0.2, 0) is 4.79 Å². The van der Waals surface area contributed by atoms with E-state index >= 15 is 0 Å². The molecule has 1 aromatic rings. The number of aliphatic hydroxyl groups excluding tert-OH is 1. The molecule has 1 rings (SSSR count). The topological polar surface area (TPSA) is 49.3 Å². The molecule has 0 saturated heterocycles. The van der Waals surface area contributed by atoms with Crippen molar-refractivity contribution in [2.45, 2.75) is 18.9 Å². The van der Waals surface area contributed by atoms with Gasteiger partial charge < -0.3 is 15.2 Å². The summed E-state index contributed by atoms with van der Waals surface area (Å²) in [7, 11) is 0. The molecule has 0 aliphatic heterocycles. The van der Waals surface area contributed by atoms with Crippen molar-refractivity contribution in [2.24, 2.45) is 5.92 Å². The van der Waals surface area contributed by atoms with Gasteiger partial charge in [0.05, 0.1) is 6.10 Å². The van der Waals surface area contributed by atoms with Crippen molar-refractivity contribution in [3.05, 3.63) is 60.8 Å². The fourth-order valence-electron chi connectivity index (χ4n) is 1.86. The van der Waals surface area contributed by atoms with Gasteiger partial charge in [-0.15, -0.1) is 6.58 Å². The van der Waals surface area contributed by atoms with Crippen LogP contribution in [0.15, 0.2) is 55.3 Å². The summed E-state index contributed by atoms with van der Waals surface area (Å²) in [6, 6.07) is 9.44. The molecule has 0 spiro atoms. The van der Waals surface area contributed by atoms with Crippen molar-refractivity contribution in [3.8, 4) is 0 Å². The molecule has 0 aromatic heterocycles. The minimum Gasteiger partial charge on any atom is -0.387 e. The lowest BCUT2D eigenvalue weighted by Gasteiger charge is -2.20. The first-order valence-electron chi connectivity index (χ1n) is 6.39. The van der Waals surface area contributed by atoms with E-state index in [-0.39, 0.29) is 5.92 Å². The second kappa shape index (κ2) is 8.27. The Hall–Kier alpha value is -1.87. The van der Waals surface area contributed by atoms with Gasteiger partial charge in [-0.05, 0) is 12.0 Å². The van der Waals surface area contributed by atoms with E-state index in [1.807, 2.05) is 30.3 Å². The molecular weight excluding hydrogens is 238 g/mol. The van der Waals surface area contributed by atoms with Crippen LogP contribution in [0.4, 0.5) is 0 Å². The highest BCUT2D eigenvalue weighted by molar-refractivity contribution is 5.50. The number of carbonyl (C=O) groups excluding carboxylic acids is 1. The summed E-state index contributed by atoms with van der Waals surface area (Å²) in [5, 5.41) is 13.1. The van der Waals surface area contributed by atoms with Crippen molar-refractivity contribution >= 4 is 6.29 Å². The number of hydrogen-bond donors (Lipinski definition) is 2. The molecule has 0 saturated carbocycles. The number of benzene rings is 1. The zero-order valence-corrected chi connectivity index (χ0v) is 11.1. The van der Waals surface area contributed by atoms with Gasteiger partial charge in [0, 0.05) is 24.6 Å². The Morgan fingerprint density at radius 3 is 2.58 bits per heavy atom. The van der Waals surface area contributed by atoms with E-state index in [0.717, 1.165) is 17.5 Å². The summed E-state index contributed by atoms with van der Waals surface area (Å²) in [4.78, 5) is 10.6. The molecule has 2 atom stereocenters. The molecule has 1 aromatic carbocycles. The number of carbonyl (C=O) groups is 1. The second-order valence-electron chi connectivity index (χ2n) is 4.46. The van der Waals surface area contributed by atoms with E-state index in [9.17, 15) is 9.90 Å². The number of aliphatic hydroxyl groups is 1. The third-order valence-electron chi connectivity index (χ3n) is 3.03. The van der Waals surface area contributed by atoms with Crippen molar-refractivity contribution < 1.29 is 9.90 Å². The van der Waals surface area contributed by atoms with Gasteiger partial charge in [0.15, 0.2) is 0 Å². The lowest BCUT2D eigenvalue weighted by molar-refractivity contribution is -0.108. The third kappa shape index (κ3) is 5.10. The van der Waals surface area contributed by atoms with Gasteiger partial charge in [0.25, 0.3) is 0 Å². The minimum atomic E-state index is -0.585. The smallest absolute Gasteiger partial charge is 0.120 e. The fraction of sp³-hybridized carbons (Fsp3) is 0.312. The maximum absolute atomic E-state index is 10.6. The van der Waals surface area contributed by atoms with Crippen LogP contribution in [0, 0.1) is 5.92 Å². The Balaban J connectivity index is 2.48.